The Labute approximate surface area is 105 Å². The lowest BCUT2D eigenvalue weighted by molar-refractivity contribution is -0.143. The summed E-state index contributed by atoms with van der Waals surface area (Å²) in [4.78, 5) is 33.4. The van der Waals surface area contributed by atoms with Crippen LogP contribution in [0.15, 0.2) is 30.3 Å². The Hall–Kier alpha value is -2.17. The van der Waals surface area contributed by atoms with Crippen LogP contribution in [0.25, 0.3) is 0 Å². The zero-order valence-electron chi connectivity index (χ0n) is 10.1. The molecule has 2 N–H and O–H groups in total. The minimum atomic E-state index is -1.20. The minimum Gasteiger partial charge on any atom is -0.480 e. The normalized spacial score (nSPS) is 11.6. The van der Waals surface area contributed by atoms with Crippen LogP contribution in [0.2, 0.25) is 0 Å². The molecule has 1 rings (SSSR count). The van der Waals surface area contributed by atoms with Gasteiger partial charge in [-0.05, 0) is 12.5 Å². The van der Waals surface area contributed by atoms with Crippen molar-refractivity contribution >= 4 is 17.7 Å². The quantitative estimate of drug-likeness (QED) is 0.780. The molecule has 0 fully saturated rings. The lowest BCUT2D eigenvalue weighted by atomic mass is 10.1. The predicted octanol–water partition coefficient (Wildman–Crippen LogP) is 0.778. The van der Waals surface area contributed by atoms with E-state index in [1.54, 1.807) is 24.3 Å². The molecule has 0 aliphatic rings. The third kappa shape index (κ3) is 4.78. The molecule has 1 atom stereocenters. The fraction of sp³-hybridized carbons (Fsp3) is 0.308. The highest BCUT2D eigenvalue weighted by Gasteiger charge is 2.21. The molecule has 0 saturated heterocycles. The van der Waals surface area contributed by atoms with Gasteiger partial charge < -0.3 is 10.4 Å². The third-order valence-electron chi connectivity index (χ3n) is 2.33. The zero-order chi connectivity index (χ0) is 13.5. The topological polar surface area (TPSA) is 83.5 Å². The Morgan fingerprint density at radius 1 is 1.22 bits per heavy atom. The van der Waals surface area contributed by atoms with E-state index in [0.717, 1.165) is 5.56 Å². The maximum absolute atomic E-state index is 11.6. The van der Waals surface area contributed by atoms with Gasteiger partial charge >= 0.3 is 5.97 Å². The monoisotopic (exact) mass is 249 g/mol. The van der Waals surface area contributed by atoms with Crippen LogP contribution in [0.3, 0.4) is 0 Å². The van der Waals surface area contributed by atoms with Gasteiger partial charge in [0.25, 0.3) is 0 Å². The van der Waals surface area contributed by atoms with E-state index in [2.05, 4.69) is 5.32 Å². The lowest BCUT2D eigenvalue weighted by Crippen LogP contribution is -2.42. The number of nitrogens with one attached hydrogen (secondary N) is 1. The standard InChI is InChI=1S/C13H15NO4/c1-9(15)7-11(13(17)18)14-12(16)8-10-5-3-2-4-6-10/h2-6,11H,7-8H2,1H3,(H,14,16)(H,17,18). The van der Waals surface area contributed by atoms with Crippen molar-refractivity contribution in [1.29, 1.82) is 0 Å². The number of carbonyl (C=O) groups is 3. The van der Waals surface area contributed by atoms with Gasteiger partial charge in [-0.3, -0.25) is 9.59 Å². The summed E-state index contributed by atoms with van der Waals surface area (Å²) in [5.74, 6) is -1.89. The summed E-state index contributed by atoms with van der Waals surface area (Å²) in [7, 11) is 0. The van der Waals surface area contributed by atoms with Crippen LogP contribution < -0.4 is 5.32 Å². The summed E-state index contributed by atoms with van der Waals surface area (Å²) in [6, 6.07) is 7.83. The van der Waals surface area contributed by atoms with Crippen LogP contribution in [0.5, 0.6) is 0 Å². The number of carboxylic acids is 1. The fourth-order valence-electron chi connectivity index (χ4n) is 1.51. The van der Waals surface area contributed by atoms with Crippen molar-refractivity contribution in [3.8, 4) is 0 Å². The Morgan fingerprint density at radius 2 is 1.83 bits per heavy atom. The highest BCUT2D eigenvalue weighted by atomic mass is 16.4. The van der Waals surface area contributed by atoms with Crippen molar-refractivity contribution in [3.63, 3.8) is 0 Å². The number of hydrogen-bond acceptors (Lipinski definition) is 3. The first-order valence-corrected chi connectivity index (χ1v) is 5.54. The smallest absolute Gasteiger partial charge is 0.326 e. The van der Waals surface area contributed by atoms with Crippen LogP contribution in [0, 0.1) is 0 Å². The number of carboxylic acid groups (broad SMARTS) is 1. The van der Waals surface area contributed by atoms with E-state index in [1.165, 1.54) is 6.92 Å². The molecule has 0 aliphatic carbocycles. The highest BCUT2D eigenvalue weighted by molar-refractivity contribution is 5.89. The average molecular weight is 249 g/mol. The first-order valence-electron chi connectivity index (χ1n) is 5.54. The second-order valence-corrected chi connectivity index (χ2v) is 4.03. The van der Waals surface area contributed by atoms with E-state index >= 15 is 0 Å². The van der Waals surface area contributed by atoms with Crippen molar-refractivity contribution in [3.05, 3.63) is 35.9 Å². The second kappa shape index (κ2) is 6.54. The fourth-order valence-corrected chi connectivity index (χ4v) is 1.51. The molecule has 18 heavy (non-hydrogen) atoms. The molecule has 5 nitrogen and oxygen atoms in total. The van der Waals surface area contributed by atoms with Gasteiger partial charge in [-0.2, -0.15) is 0 Å². The predicted molar refractivity (Wildman–Crippen MR) is 65.0 cm³/mol. The number of amides is 1. The number of benzene rings is 1. The molecule has 1 amide bonds. The van der Waals surface area contributed by atoms with Crippen molar-refractivity contribution in [2.75, 3.05) is 0 Å². The maximum atomic E-state index is 11.6. The van der Waals surface area contributed by atoms with Crippen molar-refractivity contribution in [2.24, 2.45) is 0 Å². The van der Waals surface area contributed by atoms with E-state index in [4.69, 9.17) is 5.11 Å². The molecular formula is C13H15NO4. The highest BCUT2D eigenvalue weighted by Crippen LogP contribution is 2.01. The first-order chi connectivity index (χ1) is 8.49. The molecule has 1 aromatic rings. The molecule has 0 aliphatic heterocycles. The Morgan fingerprint density at radius 3 is 2.33 bits per heavy atom. The number of carbonyl (C=O) groups excluding carboxylic acids is 2. The summed E-state index contributed by atoms with van der Waals surface area (Å²) < 4.78 is 0. The molecule has 0 radical (unpaired) electrons. The van der Waals surface area contributed by atoms with Crippen LogP contribution in [-0.4, -0.2) is 28.8 Å². The van der Waals surface area contributed by atoms with Gasteiger partial charge in [0, 0.05) is 6.42 Å². The number of Topliss-reactive ketones (excluding diaryl/α,β-unsaturated/α-hetero) is 1. The molecule has 96 valence electrons. The van der Waals surface area contributed by atoms with Gasteiger partial charge in [-0.25, -0.2) is 4.79 Å². The van der Waals surface area contributed by atoms with Crippen LogP contribution in [0.4, 0.5) is 0 Å². The van der Waals surface area contributed by atoms with Gasteiger partial charge in [0.05, 0.1) is 6.42 Å². The molecule has 0 saturated carbocycles. The summed E-state index contributed by atoms with van der Waals surface area (Å²) in [5, 5.41) is 11.2. The Kier molecular flexibility index (Phi) is 5.05. The number of rotatable bonds is 6. The van der Waals surface area contributed by atoms with Gasteiger partial charge in [0.1, 0.15) is 11.8 Å². The number of aliphatic carboxylic acids is 1. The maximum Gasteiger partial charge on any atom is 0.326 e. The van der Waals surface area contributed by atoms with Crippen LogP contribution in [-0.2, 0) is 20.8 Å². The van der Waals surface area contributed by atoms with E-state index in [1.807, 2.05) is 6.07 Å². The third-order valence-corrected chi connectivity index (χ3v) is 2.33. The summed E-state index contributed by atoms with van der Waals surface area (Å²) in [6.07, 6.45) is -0.0988. The summed E-state index contributed by atoms with van der Waals surface area (Å²) in [5.41, 5.74) is 0.793. The average Bonchev–Trinajstić information content (AvgIpc) is 2.28. The van der Waals surface area contributed by atoms with E-state index in [-0.39, 0.29) is 18.6 Å². The minimum absolute atomic E-state index is 0.0997. The van der Waals surface area contributed by atoms with Crippen molar-refractivity contribution < 1.29 is 19.5 Å². The molecule has 0 spiro atoms. The van der Waals surface area contributed by atoms with Crippen molar-refractivity contribution in [1.82, 2.24) is 5.32 Å². The number of ketones is 1. The Bertz CT molecular complexity index is 442. The van der Waals surface area contributed by atoms with Gasteiger partial charge in [0.15, 0.2) is 0 Å². The molecule has 0 aromatic heterocycles. The molecule has 0 heterocycles. The largest absolute Gasteiger partial charge is 0.480 e. The van der Waals surface area contributed by atoms with E-state index in [0.29, 0.717) is 0 Å². The van der Waals surface area contributed by atoms with Crippen LogP contribution in [0.1, 0.15) is 18.9 Å². The lowest BCUT2D eigenvalue weighted by Gasteiger charge is -2.12. The first kappa shape index (κ1) is 13.9. The van der Waals surface area contributed by atoms with Crippen molar-refractivity contribution in [2.45, 2.75) is 25.8 Å². The van der Waals surface area contributed by atoms with Gasteiger partial charge in [-0.15, -0.1) is 0 Å². The van der Waals surface area contributed by atoms with E-state index in [9.17, 15) is 14.4 Å². The molecular weight excluding hydrogens is 234 g/mol. The zero-order valence-corrected chi connectivity index (χ0v) is 10.1. The van der Waals surface area contributed by atoms with Gasteiger partial charge in [0.2, 0.25) is 5.91 Å². The number of hydrogen-bond donors (Lipinski definition) is 2. The molecule has 1 unspecified atom stereocenters. The van der Waals surface area contributed by atoms with Gasteiger partial charge in [-0.1, -0.05) is 30.3 Å². The summed E-state index contributed by atoms with van der Waals surface area (Å²) in [6.45, 7) is 1.29. The molecule has 1 aromatic carbocycles. The SMILES string of the molecule is CC(=O)CC(NC(=O)Cc1ccccc1)C(=O)O. The molecule has 5 heteroatoms. The summed E-state index contributed by atoms with van der Waals surface area (Å²) >= 11 is 0. The Balaban J connectivity index is 2.56. The second-order valence-electron chi connectivity index (χ2n) is 4.03. The van der Waals surface area contributed by atoms with Crippen LogP contribution >= 0.6 is 0 Å². The molecule has 0 bridgehead atoms. The van der Waals surface area contributed by atoms with E-state index < -0.39 is 17.9 Å².